The standard InChI is InChI=1S/C21H25NO5/c1-3-26-13-14-27-18-11-9-17(10-12-18)20(23)22-19(21(24)25-2)15-16-7-5-4-6-8-16/h4-12,19H,3,13-15H2,1-2H3,(H,22,23). The Labute approximate surface area is 159 Å². The number of rotatable bonds is 10. The molecule has 6 heteroatoms. The fraction of sp³-hybridized carbons (Fsp3) is 0.333. The second kappa shape index (κ2) is 11.0. The van der Waals surface area contributed by atoms with E-state index in [0.717, 1.165) is 5.56 Å². The van der Waals surface area contributed by atoms with Gasteiger partial charge in [0.15, 0.2) is 0 Å². The summed E-state index contributed by atoms with van der Waals surface area (Å²) in [5, 5.41) is 2.74. The van der Waals surface area contributed by atoms with Gasteiger partial charge < -0.3 is 19.5 Å². The zero-order chi connectivity index (χ0) is 19.5. The van der Waals surface area contributed by atoms with Gasteiger partial charge >= 0.3 is 5.97 Å². The van der Waals surface area contributed by atoms with Crippen LogP contribution < -0.4 is 10.1 Å². The zero-order valence-corrected chi connectivity index (χ0v) is 15.6. The highest BCUT2D eigenvalue weighted by Crippen LogP contribution is 2.13. The number of benzene rings is 2. The molecule has 6 nitrogen and oxygen atoms in total. The maximum Gasteiger partial charge on any atom is 0.328 e. The van der Waals surface area contributed by atoms with Crippen molar-refractivity contribution in [2.75, 3.05) is 26.9 Å². The van der Waals surface area contributed by atoms with Crippen LogP contribution in [0.25, 0.3) is 0 Å². The molecule has 27 heavy (non-hydrogen) atoms. The Morgan fingerprint density at radius 2 is 1.70 bits per heavy atom. The van der Waals surface area contributed by atoms with E-state index in [4.69, 9.17) is 14.2 Å². The molecule has 0 saturated heterocycles. The molecular formula is C21H25NO5. The minimum Gasteiger partial charge on any atom is -0.491 e. The number of esters is 1. The molecule has 0 aliphatic carbocycles. The Hall–Kier alpha value is -2.86. The van der Waals surface area contributed by atoms with Crippen LogP contribution in [0.1, 0.15) is 22.8 Å². The third-order valence-corrected chi connectivity index (χ3v) is 3.89. The van der Waals surface area contributed by atoms with E-state index < -0.39 is 12.0 Å². The smallest absolute Gasteiger partial charge is 0.328 e. The molecule has 1 amide bonds. The first-order chi connectivity index (χ1) is 13.1. The number of hydrogen-bond acceptors (Lipinski definition) is 5. The average molecular weight is 371 g/mol. The van der Waals surface area contributed by atoms with Gasteiger partial charge in [-0.1, -0.05) is 30.3 Å². The van der Waals surface area contributed by atoms with Gasteiger partial charge in [0.2, 0.25) is 0 Å². The van der Waals surface area contributed by atoms with Crippen molar-refractivity contribution in [3.63, 3.8) is 0 Å². The zero-order valence-electron chi connectivity index (χ0n) is 15.6. The summed E-state index contributed by atoms with van der Waals surface area (Å²) >= 11 is 0. The highest BCUT2D eigenvalue weighted by atomic mass is 16.5. The first-order valence-electron chi connectivity index (χ1n) is 8.87. The molecule has 0 aliphatic heterocycles. The van der Waals surface area contributed by atoms with Gasteiger partial charge in [0.25, 0.3) is 5.91 Å². The van der Waals surface area contributed by atoms with E-state index in [2.05, 4.69) is 5.32 Å². The number of methoxy groups -OCH3 is 1. The molecule has 0 saturated carbocycles. The maximum atomic E-state index is 12.5. The van der Waals surface area contributed by atoms with Crippen LogP contribution >= 0.6 is 0 Å². The van der Waals surface area contributed by atoms with Crippen LogP contribution in [0.2, 0.25) is 0 Å². The molecular weight excluding hydrogens is 346 g/mol. The fourth-order valence-electron chi connectivity index (χ4n) is 2.49. The monoisotopic (exact) mass is 371 g/mol. The quantitative estimate of drug-likeness (QED) is 0.513. The Morgan fingerprint density at radius 1 is 1.00 bits per heavy atom. The van der Waals surface area contributed by atoms with E-state index in [1.165, 1.54) is 7.11 Å². The van der Waals surface area contributed by atoms with Crippen molar-refractivity contribution >= 4 is 11.9 Å². The summed E-state index contributed by atoms with van der Waals surface area (Å²) in [4.78, 5) is 24.5. The molecule has 2 aromatic rings. The molecule has 0 aliphatic rings. The van der Waals surface area contributed by atoms with Crippen molar-refractivity contribution in [2.45, 2.75) is 19.4 Å². The summed E-state index contributed by atoms with van der Waals surface area (Å²) in [6.07, 6.45) is 0.359. The Morgan fingerprint density at radius 3 is 2.33 bits per heavy atom. The van der Waals surface area contributed by atoms with Crippen molar-refractivity contribution < 1.29 is 23.8 Å². The summed E-state index contributed by atoms with van der Waals surface area (Å²) < 4.78 is 15.6. The molecule has 0 spiro atoms. The summed E-state index contributed by atoms with van der Waals surface area (Å²) in [6, 6.07) is 15.4. The molecule has 1 N–H and O–H groups in total. The molecule has 0 radical (unpaired) electrons. The van der Waals surface area contributed by atoms with Crippen molar-refractivity contribution in [3.05, 3.63) is 65.7 Å². The number of ether oxygens (including phenoxy) is 3. The van der Waals surface area contributed by atoms with Crippen LogP contribution in [-0.4, -0.2) is 44.8 Å². The normalized spacial score (nSPS) is 11.5. The number of carbonyl (C=O) groups is 2. The van der Waals surface area contributed by atoms with Gasteiger partial charge in [-0.05, 0) is 36.8 Å². The lowest BCUT2D eigenvalue weighted by molar-refractivity contribution is -0.142. The second-order valence-electron chi connectivity index (χ2n) is 5.81. The number of hydrogen-bond donors (Lipinski definition) is 1. The Bertz CT molecular complexity index is 715. The minimum atomic E-state index is -0.757. The van der Waals surface area contributed by atoms with E-state index in [1.807, 2.05) is 37.3 Å². The van der Waals surface area contributed by atoms with Crippen molar-refractivity contribution in [1.29, 1.82) is 0 Å². The first kappa shape index (κ1) is 20.5. The number of nitrogens with one attached hydrogen (secondary N) is 1. The van der Waals surface area contributed by atoms with Crippen LogP contribution in [-0.2, 0) is 20.7 Å². The SMILES string of the molecule is CCOCCOc1ccc(C(=O)NC(Cc2ccccc2)C(=O)OC)cc1. The topological polar surface area (TPSA) is 73.9 Å². The van der Waals surface area contributed by atoms with Crippen molar-refractivity contribution in [2.24, 2.45) is 0 Å². The molecule has 0 bridgehead atoms. The molecule has 2 rings (SSSR count). The van der Waals surface area contributed by atoms with Crippen LogP contribution in [0.3, 0.4) is 0 Å². The van der Waals surface area contributed by atoms with Gasteiger partial charge in [0.1, 0.15) is 18.4 Å². The van der Waals surface area contributed by atoms with Crippen molar-refractivity contribution in [1.82, 2.24) is 5.32 Å². The molecule has 2 aromatic carbocycles. The number of amides is 1. The lowest BCUT2D eigenvalue weighted by Crippen LogP contribution is -2.43. The van der Waals surface area contributed by atoms with Crippen molar-refractivity contribution in [3.8, 4) is 5.75 Å². The van der Waals surface area contributed by atoms with E-state index in [1.54, 1.807) is 24.3 Å². The Balaban J connectivity index is 1.96. The van der Waals surface area contributed by atoms with Gasteiger partial charge in [0.05, 0.1) is 13.7 Å². The van der Waals surface area contributed by atoms with Gasteiger partial charge in [-0.25, -0.2) is 4.79 Å². The van der Waals surface area contributed by atoms with Crippen LogP contribution in [0, 0.1) is 0 Å². The Kier molecular flexibility index (Phi) is 8.32. The molecule has 1 unspecified atom stereocenters. The summed E-state index contributed by atoms with van der Waals surface area (Å²) in [5.41, 5.74) is 1.38. The average Bonchev–Trinajstić information content (AvgIpc) is 2.71. The van der Waals surface area contributed by atoms with Gasteiger partial charge in [0, 0.05) is 18.6 Å². The molecule has 0 fully saturated rings. The van der Waals surface area contributed by atoms with Crippen LogP contribution in [0.4, 0.5) is 0 Å². The maximum absolute atomic E-state index is 12.5. The van der Waals surface area contributed by atoms with E-state index in [-0.39, 0.29) is 5.91 Å². The van der Waals surface area contributed by atoms with Crippen LogP contribution in [0.5, 0.6) is 5.75 Å². The molecule has 144 valence electrons. The highest BCUT2D eigenvalue weighted by Gasteiger charge is 2.22. The first-order valence-corrected chi connectivity index (χ1v) is 8.87. The molecule has 1 atom stereocenters. The second-order valence-corrected chi connectivity index (χ2v) is 5.81. The largest absolute Gasteiger partial charge is 0.491 e. The van der Waals surface area contributed by atoms with Gasteiger partial charge in [-0.2, -0.15) is 0 Å². The number of carbonyl (C=O) groups excluding carboxylic acids is 2. The molecule has 0 aromatic heterocycles. The third-order valence-electron chi connectivity index (χ3n) is 3.89. The van der Waals surface area contributed by atoms with Gasteiger partial charge in [-0.3, -0.25) is 4.79 Å². The van der Waals surface area contributed by atoms with E-state index >= 15 is 0 Å². The van der Waals surface area contributed by atoms with E-state index in [9.17, 15) is 9.59 Å². The predicted octanol–water partition coefficient (Wildman–Crippen LogP) is 2.62. The van der Waals surface area contributed by atoms with E-state index in [0.29, 0.717) is 37.6 Å². The summed E-state index contributed by atoms with van der Waals surface area (Å²) in [6.45, 7) is 3.53. The lowest BCUT2D eigenvalue weighted by Gasteiger charge is -2.17. The predicted molar refractivity (Wildman–Crippen MR) is 102 cm³/mol. The lowest BCUT2D eigenvalue weighted by atomic mass is 10.1. The minimum absolute atomic E-state index is 0.345. The van der Waals surface area contributed by atoms with Gasteiger partial charge in [-0.15, -0.1) is 0 Å². The summed E-state index contributed by atoms with van der Waals surface area (Å²) in [7, 11) is 1.31. The fourth-order valence-corrected chi connectivity index (χ4v) is 2.49. The summed E-state index contributed by atoms with van der Waals surface area (Å²) in [5.74, 6) is -0.176. The molecule has 0 heterocycles. The highest BCUT2D eigenvalue weighted by molar-refractivity contribution is 5.96. The van der Waals surface area contributed by atoms with Crippen LogP contribution in [0.15, 0.2) is 54.6 Å². The third kappa shape index (κ3) is 6.75.